The molecule has 0 saturated heterocycles. The molecule has 1 aromatic carbocycles. The maximum Gasteiger partial charge on any atom is 0.120 e. The van der Waals surface area contributed by atoms with Gasteiger partial charge < -0.3 is 4.74 Å². The average Bonchev–Trinajstić information content (AvgIpc) is 2.37. The Kier molecular flexibility index (Phi) is 9.42. The van der Waals surface area contributed by atoms with Crippen LogP contribution in [0.5, 0.6) is 5.75 Å². The van der Waals surface area contributed by atoms with E-state index in [0.717, 1.165) is 33.1 Å². The first-order valence-corrected chi connectivity index (χ1v) is 9.08. The third-order valence-electron chi connectivity index (χ3n) is 2.69. The summed E-state index contributed by atoms with van der Waals surface area (Å²) in [6.45, 7) is 0.812. The highest BCUT2D eigenvalue weighted by Gasteiger charge is 1.99. The number of benzene rings is 1. The van der Waals surface area contributed by atoms with E-state index in [1.807, 2.05) is 18.2 Å². The molecule has 0 aliphatic carbocycles. The van der Waals surface area contributed by atoms with Crippen molar-refractivity contribution < 1.29 is 4.74 Å². The van der Waals surface area contributed by atoms with Gasteiger partial charge in [0.1, 0.15) is 5.75 Å². The predicted octanol–water partition coefficient (Wildman–Crippen LogP) is 6.33. The Morgan fingerprint density at radius 3 is 2.17 bits per heavy atom. The third-order valence-corrected chi connectivity index (χ3v) is 5.13. The molecule has 18 heavy (non-hydrogen) atoms. The molecule has 0 radical (unpaired) electrons. The minimum Gasteiger partial charge on any atom is -0.494 e. The average molecular weight is 443 g/mol. The van der Waals surface area contributed by atoms with E-state index in [1.165, 1.54) is 32.1 Å². The fraction of sp³-hybridized carbons (Fsp3) is 0.571. The van der Waals surface area contributed by atoms with E-state index in [9.17, 15) is 0 Å². The van der Waals surface area contributed by atoms with Crippen molar-refractivity contribution in [3.05, 3.63) is 27.1 Å². The molecular weight excluding hydrogens is 424 g/mol. The molecule has 0 saturated carbocycles. The molecule has 0 heterocycles. The third kappa shape index (κ3) is 7.15. The summed E-state index contributed by atoms with van der Waals surface area (Å²) in [5.74, 6) is 0.935. The minimum atomic E-state index is 0.812. The lowest BCUT2D eigenvalue weighted by Gasteiger charge is -2.07. The standard InChI is InChI=1S/C14H19Br3O/c15-9-5-3-1-2-4-6-10-18-12-7-8-13(16)14(17)11-12/h7-8,11H,1-6,9-10H2. The van der Waals surface area contributed by atoms with Gasteiger partial charge >= 0.3 is 0 Å². The van der Waals surface area contributed by atoms with Gasteiger partial charge in [-0.2, -0.15) is 0 Å². The summed E-state index contributed by atoms with van der Waals surface area (Å²) in [6, 6.07) is 5.99. The molecule has 0 N–H and O–H groups in total. The van der Waals surface area contributed by atoms with Crippen molar-refractivity contribution in [2.24, 2.45) is 0 Å². The van der Waals surface area contributed by atoms with E-state index < -0.39 is 0 Å². The maximum atomic E-state index is 5.71. The first kappa shape index (κ1) is 16.5. The normalized spacial score (nSPS) is 10.6. The van der Waals surface area contributed by atoms with Gasteiger partial charge in [0.25, 0.3) is 0 Å². The van der Waals surface area contributed by atoms with Gasteiger partial charge in [0.05, 0.1) is 6.61 Å². The lowest BCUT2D eigenvalue weighted by molar-refractivity contribution is 0.304. The Morgan fingerprint density at radius 2 is 1.50 bits per heavy atom. The zero-order valence-corrected chi connectivity index (χ0v) is 15.2. The topological polar surface area (TPSA) is 9.23 Å². The number of hydrogen-bond acceptors (Lipinski definition) is 1. The van der Waals surface area contributed by atoms with Gasteiger partial charge in [-0.05, 0) is 62.9 Å². The van der Waals surface area contributed by atoms with Crippen molar-refractivity contribution >= 4 is 47.8 Å². The number of alkyl halides is 1. The summed E-state index contributed by atoms with van der Waals surface area (Å²) in [5, 5.41) is 1.13. The van der Waals surface area contributed by atoms with Gasteiger partial charge in [-0.1, -0.05) is 41.6 Å². The van der Waals surface area contributed by atoms with E-state index in [0.29, 0.717) is 0 Å². The van der Waals surface area contributed by atoms with Crippen LogP contribution in [0.1, 0.15) is 38.5 Å². The summed E-state index contributed by atoms with van der Waals surface area (Å²) in [5.41, 5.74) is 0. The molecule has 0 bridgehead atoms. The SMILES string of the molecule is BrCCCCCCCCOc1ccc(Br)c(Br)c1. The fourth-order valence-electron chi connectivity index (χ4n) is 1.66. The van der Waals surface area contributed by atoms with Crippen LogP contribution in [0.2, 0.25) is 0 Å². The highest BCUT2D eigenvalue weighted by molar-refractivity contribution is 9.13. The van der Waals surface area contributed by atoms with Crippen LogP contribution >= 0.6 is 47.8 Å². The molecule has 0 aliphatic heterocycles. The number of hydrogen-bond donors (Lipinski definition) is 0. The molecule has 0 atom stereocenters. The van der Waals surface area contributed by atoms with Gasteiger partial charge in [0.2, 0.25) is 0 Å². The molecule has 1 rings (SSSR count). The molecule has 0 aromatic heterocycles. The molecule has 1 nitrogen and oxygen atoms in total. The van der Waals surface area contributed by atoms with Crippen LogP contribution < -0.4 is 4.74 Å². The van der Waals surface area contributed by atoms with Gasteiger partial charge in [0, 0.05) is 14.3 Å². The minimum absolute atomic E-state index is 0.812. The first-order chi connectivity index (χ1) is 8.74. The van der Waals surface area contributed by atoms with Crippen molar-refractivity contribution in [3.63, 3.8) is 0 Å². The smallest absolute Gasteiger partial charge is 0.120 e. The summed E-state index contributed by atoms with van der Waals surface area (Å²) in [6.07, 6.45) is 7.70. The van der Waals surface area contributed by atoms with Crippen molar-refractivity contribution in [2.75, 3.05) is 11.9 Å². The zero-order valence-electron chi connectivity index (χ0n) is 10.4. The largest absolute Gasteiger partial charge is 0.494 e. The predicted molar refractivity (Wildman–Crippen MR) is 88.8 cm³/mol. The number of ether oxygens (including phenoxy) is 1. The van der Waals surface area contributed by atoms with Crippen molar-refractivity contribution in [2.45, 2.75) is 38.5 Å². The molecule has 102 valence electrons. The van der Waals surface area contributed by atoms with E-state index in [4.69, 9.17) is 4.74 Å². The quantitative estimate of drug-likeness (QED) is 0.321. The molecule has 0 spiro atoms. The molecule has 0 unspecified atom stereocenters. The fourth-order valence-corrected chi connectivity index (χ4v) is 2.66. The monoisotopic (exact) mass is 440 g/mol. The molecule has 4 heteroatoms. The van der Waals surface area contributed by atoms with Crippen LogP contribution in [0.4, 0.5) is 0 Å². The summed E-state index contributed by atoms with van der Waals surface area (Å²) in [4.78, 5) is 0. The second-order valence-electron chi connectivity index (χ2n) is 4.23. The van der Waals surface area contributed by atoms with Crippen molar-refractivity contribution in [1.82, 2.24) is 0 Å². The van der Waals surface area contributed by atoms with Gasteiger partial charge in [-0.15, -0.1) is 0 Å². The van der Waals surface area contributed by atoms with E-state index >= 15 is 0 Å². The maximum absolute atomic E-state index is 5.71. The van der Waals surface area contributed by atoms with E-state index in [2.05, 4.69) is 47.8 Å². The Labute approximate surface area is 135 Å². The van der Waals surface area contributed by atoms with E-state index in [-0.39, 0.29) is 0 Å². The van der Waals surface area contributed by atoms with Crippen LogP contribution in [0.15, 0.2) is 27.1 Å². The summed E-state index contributed by atoms with van der Waals surface area (Å²) >= 11 is 10.4. The number of unbranched alkanes of at least 4 members (excludes halogenated alkanes) is 5. The first-order valence-electron chi connectivity index (χ1n) is 6.38. The van der Waals surface area contributed by atoms with Gasteiger partial charge in [-0.25, -0.2) is 0 Å². The number of halogens is 3. The van der Waals surface area contributed by atoms with E-state index in [1.54, 1.807) is 0 Å². The zero-order chi connectivity index (χ0) is 13.2. The second-order valence-corrected chi connectivity index (χ2v) is 6.74. The van der Waals surface area contributed by atoms with Crippen LogP contribution in [-0.2, 0) is 0 Å². The van der Waals surface area contributed by atoms with Crippen molar-refractivity contribution in [1.29, 1.82) is 0 Å². The van der Waals surface area contributed by atoms with Crippen LogP contribution in [0.3, 0.4) is 0 Å². The van der Waals surface area contributed by atoms with Gasteiger partial charge in [0.15, 0.2) is 0 Å². The highest BCUT2D eigenvalue weighted by Crippen LogP contribution is 2.27. The Balaban J connectivity index is 2.05. The molecule has 0 fully saturated rings. The summed E-state index contributed by atoms with van der Waals surface area (Å²) < 4.78 is 7.81. The van der Waals surface area contributed by atoms with Crippen molar-refractivity contribution in [3.8, 4) is 5.75 Å². The Hall–Kier alpha value is 0.460. The molecule has 0 aliphatic rings. The lowest BCUT2D eigenvalue weighted by Crippen LogP contribution is -1.97. The molecule has 1 aromatic rings. The van der Waals surface area contributed by atoms with Crippen LogP contribution in [-0.4, -0.2) is 11.9 Å². The van der Waals surface area contributed by atoms with Crippen LogP contribution in [0.25, 0.3) is 0 Å². The van der Waals surface area contributed by atoms with Gasteiger partial charge in [-0.3, -0.25) is 0 Å². The highest BCUT2D eigenvalue weighted by atomic mass is 79.9. The second kappa shape index (κ2) is 10.3. The number of rotatable bonds is 9. The Morgan fingerprint density at radius 1 is 0.833 bits per heavy atom. The Bertz CT molecular complexity index is 342. The molecular formula is C14H19Br3O. The summed E-state index contributed by atoms with van der Waals surface area (Å²) in [7, 11) is 0. The lowest BCUT2D eigenvalue weighted by atomic mass is 10.1. The molecule has 0 amide bonds. The van der Waals surface area contributed by atoms with Crippen LogP contribution in [0, 0.1) is 0 Å².